The third-order valence-corrected chi connectivity index (χ3v) is 5.43. The summed E-state index contributed by atoms with van der Waals surface area (Å²) in [7, 11) is 0. The van der Waals surface area contributed by atoms with Crippen molar-refractivity contribution in [2.45, 2.75) is 26.4 Å². The van der Waals surface area contributed by atoms with E-state index < -0.39 is 11.9 Å². The summed E-state index contributed by atoms with van der Waals surface area (Å²) in [6, 6.07) is 21.5. The molecule has 2 aromatic carbocycles. The second-order valence-electron chi connectivity index (χ2n) is 7.53. The number of ether oxygens (including phenoxy) is 1. The number of aromatic nitrogens is 1. The molecule has 1 atom stereocenters. The molecule has 0 bridgehead atoms. The highest BCUT2D eigenvalue weighted by atomic mass is 16.5. The zero-order valence-corrected chi connectivity index (χ0v) is 17.5. The number of carboxylic acids is 1. The second-order valence-corrected chi connectivity index (χ2v) is 7.53. The van der Waals surface area contributed by atoms with Crippen LogP contribution in [0.3, 0.4) is 0 Å². The van der Waals surface area contributed by atoms with Gasteiger partial charge in [0.15, 0.2) is 0 Å². The van der Waals surface area contributed by atoms with E-state index in [0.29, 0.717) is 17.9 Å². The van der Waals surface area contributed by atoms with Crippen molar-refractivity contribution in [2.24, 2.45) is 0 Å². The quantitative estimate of drug-likeness (QED) is 0.587. The number of dihydropyridines is 1. The number of aliphatic carboxylic acids is 1. The summed E-state index contributed by atoms with van der Waals surface area (Å²) in [4.78, 5) is 16.4. The lowest BCUT2D eigenvalue weighted by atomic mass is 9.78. The Kier molecular flexibility index (Phi) is 5.85. The Morgan fingerprint density at radius 3 is 2.39 bits per heavy atom. The summed E-state index contributed by atoms with van der Waals surface area (Å²) >= 11 is 0. The topological polar surface area (TPSA) is 71.5 Å². The van der Waals surface area contributed by atoms with E-state index in [-0.39, 0.29) is 0 Å². The lowest BCUT2D eigenvalue weighted by Gasteiger charge is -2.31. The Labute approximate surface area is 181 Å². The van der Waals surface area contributed by atoms with Crippen LogP contribution in [0.2, 0.25) is 0 Å². The fraction of sp³-hybridized carbons (Fsp3) is 0.154. The number of hydrogen-bond acceptors (Lipinski definition) is 4. The zero-order chi connectivity index (χ0) is 21.8. The maximum atomic E-state index is 12.2. The lowest BCUT2D eigenvalue weighted by molar-refractivity contribution is -0.132. The molecule has 0 spiro atoms. The molecular weight excluding hydrogens is 388 g/mol. The van der Waals surface area contributed by atoms with E-state index in [0.717, 1.165) is 33.7 Å². The van der Waals surface area contributed by atoms with Crippen molar-refractivity contribution in [1.29, 1.82) is 0 Å². The van der Waals surface area contributed by atoms with E-state index >= 15 is 0 Å². The van der Waals surface area contributed by atoms with E-state index in [1.165, 1.54) is 0 Å². The molecule has 31 heavy (non-hydrogen) atoms. The maximum Gasteiger partial charge on any atom is 0.334 e. The first-order valence-corrected chi connectivity index (χ1v) is 10.1. The van der Waals surface area contributed by atoms with Crippen molar-refractivity contribution in [2.75, 3.05) is 0 Å². The first kappa shape index (κ1) is 20.4. The van der Waals surface area contributed by atoms with Crippen molar-refractivity contribution in [1.82, 2.24) is 10.3 Å². The monoisotopic (exact) mass is 412 g/mol. The molecule has 3 aromatic rings. The average Bonchev–Trinajstić information content (AvgIpc) is 2.78. The first-order chi connectivity index (χ1) is 15.0. The summed E-state index contributed by atoms with van der Waals surface area (Å²) in [5.74, 6) is -0.609. The summed E-state index contributed by atoms with van der Waals surface area (Å²) in [5.41, 5.74) is 5.69. The molecule has 1 aliphatic heterocycles. The molecule has 1 aliphatic rings. The molecule has 0 radical (unpaired) electrons. The molecule has 0 saturated heterocycles. The third-order valence-electron chi connectivity index (χ3n) is 5.43. The van der Waals surface area contributed by atoms with E-state index in [1.807, 2.05) is 73.7 Å². The van der Waals surface area contributed by atoms with Gasteiger partial charge in [-0.05, 0) is 54.3 Å². The normalized spacial score (nSPS) is 16.1. The van der Waals surface area contributed by atoms with Crippen molar-refractivity contribution < 1.29 is 14.6 Å². The number of nitrogens with one attached hydrogen (secondary N) is 1. The summed E-state index contributed by atoms with van der Waals surface area (Å²) in [5, 5.41) is 13.2. The van der Waals surface area contributed by atoms with Gasteiger partial charge < -0.3 is 15.2 Å². The highest BCUT2D eigenvalue weighted by Crippen LogP contribution is 2.43. The largest absolute Gasteiger partial charge is 0.489 e. The number of carbonyl (C=O) groups is 1. The van der Waals surface area contributed by atoms with Crippen LogP contribution in [0.25, 0.3) is 5.57 Å². The highest BCUT2D eigenvalue weighted by Gasteiger charge is 2.33. The Morgan fingerprint density at radius 2 is 1.74 bits per heavy atom. The van der Waals surface area contributed by atoms with Crippen molar-refractivity contribution in [3.05, 3.63) is 113 Å². The fourth-order valence-electron chi connectivity index (χ4n) is 4.01. The number of benzene rings is 2. The van der Waals surface area contributed by atoms with Crippen LogP contribution in [0.5, 0.6) is 5.75 Å². The van der Waals surface area contributed by atoms with Crippen LogP contribution in [0, 0.1) is 0 Å². The van der Waals surface area contributed by atoms with Gasteiger partial charge in [0.05, 0.1) is 5.57 Å². The number of allylic oxidation sites excluding steroid dienone is 3. The minimum Gasteiger partial charge on any atom is -0.489 e. The molecule has 0 fully saturated rings. The van der Waals surface area contributed by atoms with Gasteiger partial charge in [0.25, 0.3) is 0 Å². The standard InChI is InChI=1S/C26H24N2O3/c1-17-23(21-9-6-14-27-15-21)25(24(26(29)30)18(2)28-17)20-10-12-22(13-11-20)31-16-19-7-4-3-5-8-19/h3-15,25,28H,16H2,1-2H3,(H,29,30). The van der Waals surface area contributed by atoms with E-state index in [1.54, 1.807) is 19.3 Å². The van der Waals surface area contributed by atoms with Crippen LogP contribution in [0.4, 0.5) is 0 Å². The van der Waals surface area contributed by atoms with Gasteiger partial charge in [-0.25, -0.2) is 4.79 Å². The molecule has 0 aliphatic carbocycles. The van der Waals surface area contributed by atoms with Crippen LogP contribution in [-0.4, -0.2) is 16.1 Å². The summed E-state index contributed by atoms with van der Waals surface area (Å²) < 4.78 is 5.90. The number of nitrogens with zero attached hydrogens (tertiary/aromatic N) is 1. The van der Waals surface area contributed by atoms with Gasteiger partial charge in [-0.1, -0.05) is 48.5 Å². The summed E-state index contributed by atoms with van der Waals surface area (Å²) in [6.45, 7) is 4.25. The predicted octanol–water partition coefficient (Wildman–Crippen LogP) is 5.14. The molecule has 1 aromatic heterocycles. The molecule has 5 heteroatoms. The molecule has 2 N–H and O–H groups in total. The first-order valence-electron chi connectivity index (χ1n) is 10.1. The number of pyridine rings is 1. The zero-order valence-electron chi connectivity index (χ0n) is 17.5. The Morgan fingerprint density at radius 1 is 1.00 bits per heavy atom. The maximum absolute atomic E-state index is 12.2. The molecule has 0 saturated carbocycles. The molecule has 4 rings (SSSR count). The molecular formula is C26H24N2O3. The second kappa shape index (κ2) is 8.88. The molecule has 5 nitrogen and oxygen atoms in total. The molecule has 2 heterocycles. The van der Waals surface area contributed by atoms with Gasteiger partial charge in [0.1, 0.15) is 12.4 Å². The van der Waals surface area contributed by atoms with Gasteiger partial charge in [-0.15, -0.1) is 0 Å². The van der Waals surface area contributed by atoms with Crippen molar-refractivity contribution in [3.8, 4) is 5.75 Å². The van der Waals surface area contributed by atoms with Gasteiger partial charge in [0.2, 0.25) is 0 Å². The van der Waals surface area contributed by atoms with Gasteiger partial charge in [-0.3, -0.25) is 4.98 Å². The van der Waals surface area contributed by atoms with Crippen LogP contribution in [0.15, 0.2) is 96.1 Å². The van der Waals surface area contributed by atoms with E-state index in [4.69, 9.17) is 4.74 Å². The molecule has 1 unspecified atom stereocenters. The van der Waals surface area contributed by atoms with Crippen molar-refractivity contribution >= 4 is 11.5 Å². The minimum absolute atomic E-state index is 0.336. The molecule has 0 amide bonds. The Hall–Kier alpha value is -3.86. The Bertz CT molecular complexity index is 1130. The minimum atomic E-state index is -0.937. The summed E-state index contributed by atoms with van der Waals surface area (Å²) in [6.07, 6.45) is 3.48. The number of hydrogen-bond donors (Lipinski definition) is 2. The van der Waals surface area contributed by atoms with Gasteiger partial charge in [0, 0.05) is 29.7 Å². The van der Waals surface area contributed by atoms with Crippen LogP contribution >= 0.6 is 0 Å². The molecule has 156 valence electrons. The van der Waals surface area contributed by atoms with Crippen molar-refractivity contribution in [3.63, 3.8) is 0 Å². The lowest BCUT2D eigenvalue weighted by Crippen LogP contribution is -2.27. The van der Waals surface area contributed by atoms with Crippen LogP contribution in [0.1, 0.15) is 36.5 Å². The SMILES string of the molecule is CC1=C(C(=O)O)C(c2ccc(OCc3ccccc3)cc2)C(c2cccnc2)=C(C)N1. The third kappa shape index (κ3) is 4.36. The number of carboxylic acid groups (broad SMARTS) is 1. The van der Waals surface area contributed by atoms with Crippen LogP contribution < -0.4 is 10.1 Å². The highest BCUT2D eigenvalue weighted by molar-refractivity contribution is 5.96. The van der Waals surface area contributed by atoms with E-state index in [2.05, 4.69) is 10.3 Å². The predicted molar refractivity (Wildman–Crippen MR) is 120 cm³/mol. The smallest absolute Gasteiger partial charge is 0.334 e. The number of rotatable bonds is 6. The Balaban J connectivity index is 1.68. The fourth-order valence-corrected chi connectivity index (χ4v) is 4.01. The average molecular weight is 412 g/mol. The van der Waals surface area contributed by atoms with Gasteiger partial charge in [-0.2, -0.15) is 0 Å². The van der Waals surface area contributed by atoms with Gasteiger partial charge >= 0.3 is 5.97 Å². The van der Waals surface area contributed by atoms with E-state index in [9.17, 15) is 9.90 Å². The van der Waals surface area contributed by atoms with Crippen LogP contribution in [-0.2, 0) is 11.4 Å².